The summed E-state index contributed by atoms with van der Waals surface area (Å²) in [6.45, 7) is 2.24. The largest absolute Gasteiger partial charge is 0.465 e. The van der Waals surface area contributed by atoms with Crippen molar-refractivity contribution in [2.24, 2.45) is 4.99 Å². The molecule has 0 unspecified atom stereocenters. The number of benzene rings is 2. The van der Waals surface area contributed by atoms with Crippen LogP contribution in [-0.2, 0) is 9.53 Å². The highest BCUT2D eigenvalue weighted by Crippen LogP contribution is 2.35. The van der Waals surface area contributed by atoms with Crippen molar-refractivity contribution in [2.45, 2.75) is 6.92 Å². The van der Waals surface area contributed by atoms with Gasteiger partial charge in [0, 0.05) is 12.1 Å². The third kappa shape index (κ3) is 4.10. The Morgan fingerprint density at radius 2 is 2.00 bits per heavy atom. The fraction of sp³-hybridized carbons (Fsp3) is 0.150. The van der Waals surface area contributed by atoms with Gasteiger partial charge in [0.05, 0.1) is 28.3 Å². The van der Waals surface area contributed by atoms with Crippen molar-refractivity contribution in [3.63, 3.8) is 0 Å². The SMILES string of the molecule is CCN1C(=O)/C(=C\c2c(F)cccc2Cl)SC1=Nc1ccc(C(=O)OC)cc1. The molecule has 0 spiro atoms. The Balaban J connectivity index is 1.92. The number of hydrogen-bond donors (Lipinski definition) is 0. The van der Waals surface area contributed by atoms with Gasteiger partial charge in [0.1, 0.15) is 5.82 Å². The third-order valence-electron chi connectivity index (χ3n) is 3.99. The van der Waals surface area contributed by atoms with Crippen molar-refractivity contribution in [1.82, 2.24) is 4.90 Å². The van der Waals surface area contributed by atoms with Gasteiger partial charge in [0.2, 0.25) is 0 Å². The van der Waals surface area contributed by atoms with Gasteiger partial charge in [-0.1, -0.05) is 17.7 Å². The van der Waals surface area contributed by atoms with E-state index in [4.69, 9.17) is 11.6 Å². The number of thioether (sulfide) groups is 1. The zero-order valence-corrected chi connectivity index (χ0v) is 16.7. The number of rotatable bonds is 4. The zero-order valence-electron chi connectivity index (χ0n) is 15.1. The average molecular weight is 419 g/mol. The summed E-state index contributed by atoms with van der Waals surface area (Å²) in [4.78, 5) is 30.5. The number of ether oxygens (including phenoxy) is 1. The van der Waals surface area contributed by atoms with E-state index in [0.29, 0.717) is 27.9 Å². The number of amidine groups is 1. The number of halogens is 2. The molecule has 0 saturated carbocycles. The summed E-state index contributed by atoms with van der Waals surface area (Å²) in [5.41, 5.74) is 1.15. The molecule has 1 saturated heterocycles. The van der Waals surface area contributed by atoms with E-state index in [1.54, 1.807) is 30.3 Å². The molecule has 2 aromatic carbocycles. The van der Waals surface area contributed by atoms with E-state index >= 15 is 0 Å². The van der Waals surface area contributed by atoms with Crippen molar-refractivity contribution in [1.29, 1.82) is 0 Å². The summed E-state index contributed by atoms with van der Waals surface area (Å²) in [6.07, 6.45) is 1.44. The summed E-state index contributed by atoms with van der Waals surface area (Å²) in [6, 6.07) is 10.9. The highest BCUT2D eigenvalue weighted by atomic mass is 35.5. The maximum atomic E-state index is 14.1. The van der Waals surface area contributed by atoms with Crippen molar-refractivity contribution < 1.29 is 18.7 Å². The number of aliphatic imine (C=N–C) groups is 1. The molecular weight excluding hydrogens is 403 g/mol. The Labute approximate surface area is 170 Å². The van der Waals surface area contributed by atoms with Gasteiger partial charge in [-0.15, -0.1) is 0 Å². The first-order valence-electron chi connectivity index (χ1n) is 8.37. The van der Waals surface area contributed by atoms with Gasteiger partial charge in [-0.05, 0) is 61.2 Å². The molecule has 1 heterocycles. The number of nitrogens with zero attached hydrogens (tertiary/aromatic N) is 2. The summed E-state index contributed by atoms with van der Waals surface area (Å²) in [5, 5.41) is 0.699. The number of likely N-dealkylation sites (N-methyl/N-ethyl adjacent to an activating group) is 1. The zero-order chi connectivity index (χ0) is 20.3. The second-order valence-corrected chi connectivity index (χ2v) is 7.14. The number of carbonyl (C=O) groups is 2. The Bertz CT molecular complexity index is 969. The van der Waals surface area contributed by atoms with Crippen LogP contribution >= 0.6 is 23.4 Å². The second-order valence-electron chi connectivity index (χ2n) is 5.73. The summed E-state index contributed by atoms with van der Waals surface area (Å²) in [7, 11) is 1.31. The topological polar surface area (TPSA) is 59.0 Å². The molecule has 1 aliphatic heterocycles. The average Bonchev–Trinajstić information content (AvgIpc) is 2.99. The van der Waals surface area contributed by atoms with Gasteiger partial charge in [0.15, 0.2) is 5.17 Å². The lowest BCUT2D eigenvalue weighted by Crippen LogP contribution is -2.28. The third-order valence-corrected chi connectivity index (χ3v) is 5.33. The minimum Gasteiger partial charge on any atom is -0.465 e. The maximum absolute atomic E-state index is 14.1. The normalized spacial score (nSPS) is 16.9. The van der Waals surface area contributed by atoms with Crippen LogP contribution in [0.25, 0.3) is 6.08 Å². The summed E-state index contributed by atoms with van der Waals surface area (Å²) < 4.78 is 18.7. The Morgan fingerprint density at radius 1 is 1.29 bits per heavy atom. The van der Waals surface area contributed by atoms with Crippen LogP contribution in [0.5, 0.6) is 0 Å². The highest BCUT2D eigenvalue weighted by Gasteiger charge is 2.32. The van der Waals surface area contributed by atoms with Crippen LogP contribution in [0.3, 0.4) is 0 Å². The van der Waals surface area contributed by atoms with E-state index in [9.17, 15) is 14.0 Å². The minimum atomic E-state index is -0.500. The lowest BCUT2D eigenvalue weighted by atomic mass is 10.2. The first kappa shape index (κ1) is 20.1. The molecule has 8 heteroatoms. The molecule has 0 bridgehead atoms. The first-order chi connectivity index (χ1) is 13.4. The molecule has 1 fully saturated rings. The fourth-order valence-corrected chi connectivity index (χ4v) is 3.81. The van der Waals surface area contributed by atoms with Gasteiger partial charge in [-0.25, -0.2) is 14.2 Å². The van der Waals surface area contributed by atoms with E-state index in [-0.39, 0.29) is 16.5 Å². The quantitative estimate of drug-likeness (QED) is 0.524. The standard InChI is InChI=1S/C20H16ClFN2O3S/c1-3-24-18(25)17(11-14-15(21)5-4-6-16(14)22)28-20(24)23-13-9-7-12(8-10-13)19(26)27-2/h4-11H,3H2,1-2H3/b17-11+,23-20?. The molecule has 0 aromatic heterocycles. The molecule has 0 N–H and O–H groups in total. The van der Waals surface area contributed by atoms with E-state index in [2.05, 4.69) is 9.73 Å². The summed E-state index contributed by atoms with van der Waals surface area (Å²) >= 11 is 7.20. The Hall–Kier alpha value is -2.64. The Morgan fingerprint density at radius 3 is 2.61 bits per heavy atom. The predicted molar refractivity (Wildman–Crippen MR) is 109 cm³/mol. The maximum Gasteiger partial charge on any atom is 0.337 e. The number of amides is 1. The molecule has 3 rings (SSSR count). The summed E-state index contributed by atoms with van der Waals surface area (Å²) in [5.74, 6) is -1.20. The molecule has 2 aromatic rings. The van der Waals surface area contributed by atoms with E-state index < -0.39 is 11.8 Å². The van der Waals surface area contributed by atoms with Gasteiger partial charge in [-0.2, -0.15) is 0 Å². The second kappa shape index (κ2) is 8.58. The van der Waals surface area contributed by atoms with Crippen LogP contribution in [0.2, 0.25) is 5.02 Å². The van der Waals surface area contributed by atoms with Crippen molar-refractivity contribution >= 4 is 52.2 Å². The van der Waals surface area contributed by atoms with E-state index in [1.165, 1.54) is 30.2 Å². The van der Waals surface area contributed by atoms with Gasteiger partial charge >= 0.3 is 5.97 Å². The number of hydrogen-bond acceptors (Lipinski definition) is 5. The van der Waals surface area contributed by atoms with Crippen molar-refractivity contribution in [3.8, 4) is 0 Å². The number of carbonyl (C=O) groups excluding carboxylic acids is 2. The lowest BCUT2D eigenvalue weighted by Gasteiger charge is -2.12. The van der Waals surface area contributed by atoms with Crippen molar-refractivity contribution in [2.75, 3.05) is 13.7 Å². The first-order valence-corrected chi connectivity index (χ1v) is 9.56. The molecule has 1 aliphatic rings. The highest BCUT2D eigenvalue weighted by molar-refractivity contribution is 8.18. The van der Waals surface area contributed by atoms with Crippen LogP contribution in [0.15, 0.2) is 52.4 Å². The molecule has 0 aliphatic carbocycles. The lowest BCUT2D eigenvalue weighted by molar-refractivity contribution is -0.122. The smallest absolute Gasteiger partial charge is 0.337 e. The van der Waals surface area contributed by atoms with Crippen molar-refractivity contribution in [3.05, 3.63) is 69.3 Å². The molecule has 0 atom stereocenters. The molecule has 28 heavy (non-hydrogen) atoms. The van der Waals surface area contributed by atoms with Crippen LogP contribution in [0.1, 0.15) is 22.8 Å². The Kier molecular flexibility index (Phi) is 6.16. The molecule has 144 valence electrons. The van der Waals surface area contributed by atoms with Gasteiger partial charge in [-0.3, -0.25) is 9.69 Å². The van der Waals surface area contributed by atoms with Crippen LogP contribution < -0.4 is 0 Å². The van der Waals surface area contributed by atoms with Crippen LogP contribution in [0.4, 0.5) is 10.1 Å². The molecule has 5 nitrogen and oxygen atoms in total. The fourth-order valence-electron chi connectivity index (χ4n) is 2.55. The predicted octanol–water partition coefficient (Wildman–Crippen LogP) is 4.89. The molecule has 1 amide bonds. The number of methoxy groups -OCH3 is 1. The molecular formula is C20H16ClFN2O3S. The molecule has 0 radical (unpaired) electrons. The van der Waals surface area contributed by atoms with E-state index in [1.807, 2.05) is 6.92 Å². The van der Waals surface area contributed by atoms with Crippen LogP contribution in [-0.4, -0.2) is 35.6 Å². The van der Waals surface area contributed by atoms with Gasteiger partial charge in [0.25, 0.3) is 5.91 Å². The monoisotopic (exact) mass is 418 g/mol. The number of esters is 1. The van der Waals surface area contributed by atoms with Crippen LogP contribution in [0, 0.1) is 5.82 Å². The van der Waals surface area contributed by atoms with E-state index in [0.717, 1.165) is 11.8 Å². The minimum absolute atomic E-state index is 0.166. The van der Waals surface area contributed by atoms with Gasteiger partial charge < -0.3 is 4.74 Å².